The zero-order chi connectivity index (χ0) is 14.5. The van der Waals surface area contributed by atoms with Gasteiger partial charge in [-0.2, -0.15) is 0 Å². The van der Waals surface area contributed by atoms with Gasteiger partial charge in [0.25, 0.3) is 0 Å². The van der Waals surface area contributed by atoms with E-state index in [0.29, 0.717) is 37.5 Å². The van der Waals surface area contributed by atoms with Crippen LogP contribution in [0, 0.1) is 5.92 Å². The molecule has 0 aliphatic carbocycles. The number of amides is 2. The molecule has 0 aromatic rings. The highest BCUT2D eigenvalue weighted by Gasteiger charge is 2.34. The molecule has 2 atom stereocenters. The van der Waals surface area contributed by atoms with Gasteiger partial charge in [0.1, 0.15) is 0 Å². The number of hydrogen-bond donors (Lipinski definition) is 2. The summed E-state index contributed by atoms with van der Waals surface area (Å²) in [5.41, 5.74) is 0. The van der Waals surface area contributed by atoms with Crippen molar-refractivity contribution in [3.8, 4) is 0 Å². The van der Waals surface area contributed by atoms with E-state index in [0.717, 1.165) is 12.8 Å². The number of likely N-dealkylation sites (N-methyl/N-ethyl adjacent to an activating group) is 2. The lowest BCUT2D eigenvalue weighted by Gasteiger charge is -2.30. The normalized spacial score (nSPS) is 28.2. The molecule has 2 N–H and O–H groups in total. The predicted octanol–water partition coefficient (Wildman–Crippen LogP) is 0.892. The van der Waals surface area contributed by atoms with Crippen LogP contribution in [0.25, 0.3) is 0 Å². The first kappa shape index (κ1) is 15.3. The van der Waals surface area contributed by atoms with Crippen LogP contribution in [0.5, 0.6) is 0 Å². The molecule has 2 rings (SSSR count). The maximum absolute atomic E-state index is 12.3. The Morgan fingerprint density at radius 3 is 2.40 bits per heavy atom. The highest BCUT2D eigenvalue weighted by Crippen LogP contribution is 2.32. The number of piperidine rings is 1. The van der Waals surface area contributed by atoms with E-state index >= 15 is 0 Å². The third kappa shape index (κ3) is 3.95. The van der Waals surface area contributed by atoms with Gasteiger partial charge in [0.15, 0.2) is 0 Å². The number of carbonyl (C=O) groups excluding carboxylic acids is 2. The Kier molecular flexibility index (Phi) is 5.40. The molecule has 20 heavy (non-hydrogen) atoms. The Hall–Kier alpha value is -1.10. The molecular formula is C15H27N3O2. The molecule has 0 spiro atoms. The lowest BCUT2D eigenvalue weighted by atomic mass is 9.89. The van der Waals surface area contributed by atoms with Gasteiger partial charge in [-0.25, -0.2) is 0 Å². The van der Waals surface area contributed by atoms with Crippen LogP contribution >= 0.6 is 0 Å². The topological polar surface area (TPSA) is 61.4 Å². The Morgan fingerprint density at radius 1 is 1.20 bits per heavy atom. The summed E-state index contributed by atoms with van der Waals surface area (Å²) in [7, 11) is 0. The van der Waals surface area contributed by atoms with Crippen molar-refractivity contribution in [2.75, 3.05) is 19.6 Å². The maximum Gasteiger partial charge on any atom is 0.239 e. The Morgan fingerprint density at radius 2 is 1.85 bits per heavy atom. The Labute approximate surface area is 121 Å². The SMILES string of the molecule is CCNC(=O)CN(CC)C(=O)CC1CC2CCC(C1)N2. The number of nitrogens with one attached hydrogen (secondary N) is 2. The number of rotatable bonds is 6. The molecule has 0 aromatic heterocycles. The first-order chi connectivity index (χ1) is 9.62. The molecule has 2 saturated heterocycles. The van der Waals surface area contributed by atoms with E-state index in [1.165, 1.54) is 12.8 Å². The lowest BCUT2D eigenvalue weighted by molar-refractivity contribution is -0.136. The minimum absolute atomic E-state index is 0.0620. The van der Waals surface area contributed by atoms with Crippen LogP contribution in [0.15, 0.2) is 0 Å². The Bertz CT molecular complexity index is 347. The zero-order valence-corrected chi connectivity index (χ0v) is 12.7. The summed E-state index contributed by atoms with van der Waals surface area (Å²) in [5.74, 6) is 0.558. The monoisotopic (exact) mass is 281 g/mol. The van der Waals surface area contributed by atoms with Crippen LogP contribution in [0.4, 0.5) is 0 Å². The molecular weight excluding hydrogens is 254 g/mol. The summed E-state index contributed by atoms with van der Waals surface area (Å²) in [5, 5.41) is 6.35. The maximum atomic E-state index is 12.3. The second-order valence-electron chi connectivity index (χ2n) is 6.04. The van der Waals surface area contributed by atoms with Gasteiger partial charge < -0.3 is 15.5 Å². The van der Waals surface area contributed by atoms with Gasteiger partial charge in [-0.3, -0.25) is 9.59 Å². The van der Waals surface area contributed by atoms with E-state index in [2.05, 4.69) is 10.6 Å². The van der Waals surface area contributed by atoms with Gasteiger partial charge in [0.2, 0.25) is 11.8 Å². The molecule has 2 bridgehead atoms. The first-order valence-corrected chi connectivity index (χ1v) is 7.92. The van der Waals surface area contributed by atoms with Crippen LogP contribution in [0.3, 0.4) is 0 Å². The van der Waals surface area contributed by atoms with Gasteiger partial charge in [0.05, 0.1) is 6.54 Å². The third-order valence-corrected chi connectivity index (χ3v) is 4.48. The van der Waals surface area contributed by atoms with Crippen LogP contribution in [-0.2, 0) is 9.59 Å². The molecule has 0 aromatic carbocycles. The number of hydrogen-bond acceptors (Lipinski definition) is 3. The summed E-state index contributed by atoms with van der Waals surface area (Å²) >= 11 is 0. The van der Waals surface area contributed by atoms with E-state index in [9.17, 15) is 9.59 Å². The molecule has 2 fully saturated rings. The fourth-order valence-corrected chi connectivity index (χ4v) is 3.52. The average Bonchev–Trinajstić information content (AvgIpc) is 2.75. The molecule has 2 heterocycles. The smallest absolute Gasteiger partial charge is 0.239 e. The fraction of sp³-hybridized carbons (Fsp3) is 0.867. The van der Waals surface area contributed by atoms with Gasteiger partial charge in [-0.15, -0.1) is 0 Å². The van der Waals surface area contributed by atoms with Crippen LogP contribution in [0.1, 0.15) is 46.0 Å². The van der Waals surface area contributed by atoms with Crippen LogP contribution in [-0.4, -0.2) is 48.4 Å². The van der Waals surface area contributed by atoms with Crippen molar-refractivity contribution in [3.05, 3.63) is 0 Å². The summed E-state index contributed by atoms with van der Waals surface area (Å²) < 4.78 is 0. The standard InChI is InChI=1S/C15H27N3O2/c1-3-16-14(19)10-18(4-2)15(20)9-11-7-12-5-6-13(8-11)17-12/h11-13,17H,3-10H2,1-2H3,(H,16,19). The number of carbonyl (C=O) groups is 2. The first-order valence-electron chi connectivity index (χ1n) is 7.92. The molecule has 0 saturated carbocycles. The van der Waals surface area contributed by atoms with Gasteiger partial charge in [0, 0.05) is 31.6 Å². The van der Waals surface area contributed by atoms with Crippen LogP contribution < -0.4 is 10.6 Å². The molecule has 0 radical (unpaired) electrons. The number of fused-ring (bicyclic) bond motifs is 2. The van der Waals surface area contributed by atoms with Gasteiger partial charge in [-0.1, -0.05) is 0 Å². The van der Waals surface area contributed by atoms with E-state index in [1.807, 2.05) is 13.8 Å². The van der Waals surface area contributed by atoms with Crippen molar-refractivity contribution in [3.63, 3.8) is 0 Å². The molecule has 2 aliphatic heterocycles. The van der Waals surface area contributed by atoms with E-state index < -0.39 is 0 Å². The minimum atomic E-state index is -0.0620. The molecule has 5 nitrogen and oxygen atoms in total. The summed E-state index contributed by atoms with van der Waals surface area (Å²) in [6, 6.07) is 1.23. The highest BCUT2D eigenvalue weighted by molar-refractivity contribution is 5.84. The second-order valence-corrected chi connectivity index (χ2v) is 6.04. The zero-order valence-electron chi connectivity index (χ0n) is 12.7. The largest absolute Gasteiger partial charge is 0.355 e. The van der Waals surface area contributed by atoms with Crippen molar-refractivity contribution >= 4 is 11.8 Å². The Balaban J connectivity index is 1.81. The molecule has 2 aliphatic rings. The lowest BCUT2D eigenvalue weighted by Crippen LogP contribution is -2.43. The average molecular weight is 281 g/mol. The van der Waals surface area contributed by atoms with Crippen molar-refractivity contribution in [1.82, 2.24) is 15.5 Å². The van der Waals surface area contributed by atoms with E-state index in [4.69, 9.17) is 0 Å². The van der Waals surface area contributed by atoms with Crippen molar-refractivity contribution in [1.29, 1.82) is 0 Å². The van der Waals surface area contributed by atoms with Crippen molar-refractivity contribution in [2.24, 2.45) is 5.92 Å². The summed E-state index contributed by atoms with van der Waals surface area (Å²) in [4.78, 5) is 25.6. The minimum Gasteiger partial charge on any atom is -0.355 e. The molecule has 2 amide bonds. The molecule has 114 valence electrons. The van der Waals surface area contributed by atoms with Gasteiger partial charge in [-0.05, 0) is 45.4 Å². The van der Waals surface area contributed by atoms with Crippen LogP contribution in [0.2, 0.25) is 0 Å². The van der Waals surface area contributed by atoms with Gasteiger partial charge >= 0.3 is 0 Å². The molecule has 5 heteroatoms. The van der Waals surface area contributed by atoms with E-state index in [-0.39, 0.29) is 18.4 Å². The summed E-state index contributed by atoms with van der Waals surface area (Å²) in [6.07, 6.45) is 5.33. The predicted molar refractivity (Wildman–Crippen MR) is 78.2 cm³/mol. The molecule has 2 unspecified atom stereocenters. The van der Waals surface area contributed by atoms with E-state index in [1.54, 1.807) is 4.90 Å². The third-order valence-electron chi connectivity index (χ3n) is 4.48. The highest BCUT2D eigenvalue weighted by atomic mass is 16.2. The summed E-state index contributed by atoms with van der Waals surface area (Å²) in [6.45, 7) is 5.24. The second kappa shape index (κ2) is 7.07. The quantitative estimate of drug-likeness (QED) is 0.760. The van der Waals surface area contributed by atoms with Crippen molar-refractivity contribution in [2.45, 2.75) is 58.0 Å². The fourth-order valence-electron chi connectivity index (χ4n) is 3.52. The number of nitrogens with zero attached hydrogens (tertiary/aromatic N) is 1. The van der Waals surface area contributed by atoms with Crippen molar-refractivity contribution < 1.29 is 9.59 Å².